The van der Waals surface area contributed by atoms with E-state index in [0.29, 0.717) is 30.0 Å². The number of oxazole rings is 1. The molecule has 0 fully saturated rings. The van der Waals surface area contributed by atoms with Crippen molar-refractivity contribution in [3.05, 3.63) is 34.2 Å². The Kier molecular flexibility index (Phi) is 2.82. The van der Waals surface area contributed by atoms with Crippen LogP contribution in [-0.2, 0) is 6.42 Å². The highest BCUT2D eigenvalue weighted by Crippen LogP contribution is 2.21. The molecular formula is C10H11N3O3. The van der Waals surface area contributed by atoms with E-state index in [4.69, 9.17) is 10.2 Å². The van der Waals surface area contributed by atoms with Crippen LogP contribution in [-0.4, -0.2) is 16.5 Å². The van der Waals surface area contributed by atoms with Crippen LogP contribution in [0.1, 0.15) is 12.3 Å². The maximum Gasteiger partial charge on any atom is 0.271 e. The van der Waals surface area contributed by atoms with Gasteiger partial charge in [-0.05, 0) is 19.0 Å². The van der Waals surface area contributed by atoms with Crippen molar-refractivity contribution in [3.63, 3.8) is 0 Å². The van der Waals surface area contributed by atoms with E-state index in [1.165, 1.54) is 12.1 Å². The number of nitrogens with zero attached hydrogens (tertiary/aromatic N) is 2. The molecule has 0 amide bonds. The topological polar surface area (TPSA) is 95.2 Å². The first-order valence-electron chi connectivity index (χ1n) is 4.94. The molecule has 0 saturated heterocycles. The molecule has 2 rings (SSSR count). The van der Waals surface area contributed by atoms with Gasteiger partial charge in [-0.15, -0.1) is 0 Å². The minimum absolute atomic E-state index is 0.0196. The lowest BCUT2D eigenvalue weighted by atomic mass is 10.3. The van der Waals surface area contributed by atoms with Crippen molar-refractivity contribution in [3.8, 4) is 0 Å². The monoisotopic (exact) mass is 221 g/mol. The second-order valence-electron chi connectivity index (χ2n) is 3.41. The van der Waals surface area contributed by atoms with Crippen molar-refractivity contribution in [2.75, 3.05) is 6.54 Å². The Hall–Kier alpha value is -1.95. The zero-order valence-electron chi connectivity index (χ0n) is 8.55. The Labute approximate surface area is 91.2 Å². The van der Waals surface area contributed by atoms with Crippen LogP contribution in [0.3, 0.4) is 0 Å². The van der Waals surface area contributed by atoms with Gasteiger partial charge in [-0.3, -0.25) is 10.1 Å². The van der Waals surface area contributed by atoms with Crippen molar-refractivity contribution < 1.29 is 9.34 Å². The average Bonchev–Trinajstić information content (AvgIpc) is 2.67. The van der Waals surface area contributed by atoms with E-state index in [2.05, 4.69) is 4.98 Å². The summed E-state index contributed by atoms with van der Waals surface area (Å²) < 4.78 is 5.42. The summed E-state index contributed by atoms with van der Waals surface area (Å²) in [6, 6.07) is 4.37. The molecule has 0 bridgehead atoms. The lowest BCUT2D eigenvalue weighted by Gasteiger charge is -1.89. The highest BCUT2D eigenvalue weighted by Gasteiger charge is 2.10. The molecule has 6 nitrogen and oxygen atoms in total. The van der Waals surface area contributed by atoms with Crippen LogP contribution in [0, 0.1) is 10.1 Å². The smallest absolute Gasteiger partial charge is 0.271 e. The van der Waals surface area contributed by atoms with Gasteiger partial charge in [-0.25, -0.2) is 4.98 Å². The Morgan fingerprint density at radius 3 is 3.00 bits per heavy atom. The minimum Gasteiger partial charge on any atom is -0.441 e. The van der Waals surface area contributed by atoms with Crippen molar-refractivity contribution in [1.82, 2.24) is 4.98 Å². The van der Waals surface area contributed by atoms with Crippen LogP contribution in [0.25, 0.3) is 11.1 Å². The molecule has 0 atom stereocenters. The minimum atomic E-state index is -0.451. The fraction of sp³-hybridized carbons (Fsp3) is 0.300. The van der Waals surface area contributed by atoms with Crippen LogP contribution in [0.4, 0.5) is 5.69 Å². The van der Waals surface area contributed by atoms with E-state index < -0.39 is 4.92 Å². The average molecular weight is 221 g/mol. The SMILES string of the molecule is NCCCc1nc2cc([N+](=O)[O-])ccc2o1. The maximum atomic E-state index is 10.6. The van der Waals surface area contributed by atoms with E-state index in [1.807, 2.05) is 0 Å². The molecule has 16 heavy (non-hydrogen) atoms. The van der Waals surface area contributed by atoms with Gasteiger partial charge < -0.3 is 10.2 Å². The number of non-ortho nitro benzene ring substituents is 1. The Bertz CT molecular complexity index is 521. The predicted molar refractivity (Wildman–Crippen MR) is 58.0 cm³/mol. The number of nitrogens with two attached hydrogens (primary N) is 1. The third-order valence-electron chi connectivity index (χ3n) is 2.22. The molecule has 0 unspecified atom stereocenters. The van der Waals surface area contributed by atoms with Gasteiger partial charge in [0.05, 0.1) is 4.92 Å². The first kappa shape index (κ1) is 10.6. The van der Waals surface area contributed by atoms with Gasteiger partial charge in [0, 0.05) is 18.6 Å². The molecule has 0 radical (unpaired) electrons. The lowest BCUT2D eigenvalue weighted by Crippen LogP contribution is -2.00. The number of rotatable bonds is 4. The number of nitro groups is 1. The summed E-state index contributed by atoms with van der Waals surface area (Å²) in [6.07, 6.45) is 1.44. The zero-order chi connectivity index (χ0) is 11.5. The summed E-state index contributed by atoms with van der Waals surface area (Å²) in [5, 5.41) is 10.6. The van der Waals surface area contributed by atoms with Crippen molar-refractivity contribution in [2.24, 2.45) is 5.73 Å². The van der Waals surface area contributed by atoms with Crippen molar-refractivity contribution >= 4 is 16.8 Å². The number of aromatic nitrogens is 1. The van der Waals surface area contributed by atoms with E-state index in [0.717, 1.165) is 6.42 Å². The van der Waals surface area contributed by atoms with Crippen molar-refractivity contribution in [1.29, 1.82) is 0 Å². The van der Waals surface area contributed by atoms with Gasteiger partial charge in [0.2, 0.25) is 0 Å². The second kappa shape index (κ2) is 4.28. The fourth-order valence-electron chi connectivity index (χ4n) is 1.44. The van der Waals surface area contributed by atoms with Crippen LogP contribution in [0.15, 0.2) is 22.6 Å². The Morgan fingerprint density at radius 2 is 2.31 bits per heavy atom. The molecule has 0 aliphatic carbocycles. The van der Waals surface area contributed by atoms with Crippen molar-refractivity contribution in [2.45, 2.75) is 12.8 Å². The molecule has 84 valence electrons. The molecule has 1 heterocycles. The molecular weight excluding hydrogens is 210 g/mol. The Morgan fingerprint density at radius 1 is 1.50 bits per heavy atom. The third kappa shape index (κ3) is 2.01. The van der Waals surface area contributed by atoms with Crippen LogP contribution >= 0.6 is 0 Å². The molecule has 0 aliphatic rings. The summed E-state index contributed by atoms with van der Waals surface area (Å²) in [6.45, 7) is 0.568. The van der Waals surface area contributed by atoms with E-state index in [1.54, 1.807) is 6.07 Å². The van der Waals surface area contributed by atoms with Gasteiger partial charge >= 0.3 is 0 Å². The summed E-state index contributed by atoms with van der Waals surface area (Å²) >= 11 is 0. The number of hydrogen-bond donors (Lipinski definition) is 1. The molecule has 6 heteroatoms. The number of fused-ring (bicyclic) bond motifs is 1. The summed E-state index contributed by atoms with van der Waals surface area (Å²) in [5.41, 5.74) is 6.48. The fourth-order valence-corrected chi connectivity index (χ4v) is 1.44. The predicted octanol–water partition coefficient (Wildman–Crippen LogP) is 1.63. The molecule has 0 aliphatic heterocycles. The summed E-state index contributed by atoms with van der Waals surface area (Å²) in [5.74, 6) is 0.570. The van der Waals surface area contributed by atoms with Crippen LogP contribution in [0.5, 0.6) is 0 Å². The second-order valence-corrected chi connectivity index (χ2v) is 3.41. The quantitative estimate of drug-likeness (QED) is 0.625. The highest BCUT2D eigenvalue weighted by molar-refractivity contribution is 5.75. The number of hydrogen-bond acceptors (Lipinski definition) is 5. The number of benzene rings is 1. The number of nitro benzene ring substituents is 1. The standard InChI is InChI=1S/C10H11N3O3/c11-5-1-2-10-12-8-6-7(13(14)15)3-4-9(8)16-10/h3-4,6H,1-2,5,11H2. The van der Waals surface area contributed by atoms with Crippen LogP contribution in [0.2, 0.25) is 0 Å². The summed E-state index contributed by atoms with van der Waals surface area (Å²) in [7, 11) is 0. The molecule has 0 spiro atoms. The normalized spacial score (nSPS) is 10.8. The van der Waals surface area contributed by atoms with Gasteiger partial charge in [0.15, 0.2) is 11.5 Å². The highest BCUT2D eigenvalue weighted by atomic mass is 16.6. The van der Waals surface area contributed by atoms with Gasteiger partial charge in [-0.1, -0.05) is 0 Å². The largest absolute Gasteiger partial charge is 0.441 e. The first-order valence-corrected chi connectivity index (χ1v) is 4.94. The Balaban J connectivity index is 2.34. The molecule has 0 saturated carbocycles. The molecule has 1 aromatic carbocycles. The van der Waals surface area contributed by atoms with E-state index in [9.17, 15) is 10.1 Å². The van der Waals surface area contributed by atoms with Gasteiger partial charge in [0.1, 0.15) is 5.52 Å². The number of aryl methyl sites for hydroxylation is 1. The van der Waals surface area contributed by atoms with Gasteiger partial charge in [-0.2, -0.15) is 0 Å². The van der Waals surface area contributed by atoms with Gasteiger partial charge in [0.25, 0.3) is 5.69 Å². The zero-order valence-corrected chi connectivity index (χ0v) is 8.55. The lowest BCUT2D eigenvalue weighted by molar-refractivity contribution is -0.384. The molecule has 2 N–H and O–H groups in total. The maximum absolute atomic E-state index is 10.6. The third-order valence-corrected chi connectivity index (χ3v) is 2.22. The summed E-state index contributed by atoms with van der Waals surface area (Å²) in [4.78, 5) is 14.3. The van der Waals surface area contributed by atoms with E-state index in [-0.39, 0.29) is 5.69 Å². The first-order chi connectivity index (χ1) is 7.70. The molecule has 1 aromatic heterocycles. The molecule has 2 aromatic rings. The van der Waals surface area contributed by atoms with Crippen LogP contribution < -0.4 is 5.73 Å². The van der Waals surface area contributed by atoms with E-state index >= 15 is 0 Å².